The van der Waals surface area contributed by atoms with Gasteiger partial charge in [-0.2, -0.15) is 0 Å². The van der Waals surface area contributed by atoms with E-state index >= 15 is 0 Å². The molecule has 152 valence electrons. The van der Waals surface area contributed by atoms with Crippen LogP contribution in [0, 0.1) is 13.8 Å². The van der Waals surface area contributed by atoms with Crippen LogP contribution in [0.4, 0.5) is 0 Å². The van der Waals surface area contributed by atoms with Gasteiger partial charge in [0.15, 0.2) is 6.10 Å². The Hall–Kier alpha value is -2.49. The Morgan fingerprint density at radius 2 is 1.61 bits per heavy atom. The van der Waals surface area contributed by atoms with Gasteiger partial charge in [0.05, 0.1) is 6.54 Å². The minimum atomic E-state index is -0.507. The van der Waals surface area contributed by atoms with Gasteiger partial charge in [-0.1, -0.05) is 45.9 Å². The Balaban J connectivity index is 1.80. The molecule has 0 aliphatic carbocycles. The molecular formula is C24H33NO3. The molecule has 0 aliphatic rings. The van der Waals surface area contributed by atoms with Crippen molar-refractivity contribution < 1.29 is 14.3 Å². The molecule has 28 heavy (non-hydrogen) atoms. The Morgan fingerprint density at radius 1 is 1.00 bits per heavy atom. The largest absolute Gasteiger partial charge is 0.492 e. The van der Waals surface area contributed by atoms with E-state index in [-0.39, 0.29) is 11.3 Å². The summed E-state index contributed by atoms with van der Waals surface area (Å²) in [7, 11) is 0. The van der Waals surface area contributed by atoms with Crippen LogP contribution in [0.2, 0.25) is 0 Å². The minimum Gasteiger partial charge on any atom is -0.492 e. The monoisotopic (exact) mass is 383 g/mol. The van der Waals surface area contributed by atoms with Crippen LogP contribution < -0.4 is 14.8 Å². The molecule has 2 aromatic rings. The van der Waals surface area contributed by atoms with Gasteiger partial charge in [0, 0.05) is 0 Å². The van der Waals surface area contributed by atoms with Gasteiger partial charge in [0.25, 0.3) is 5.91 Å². The zero-order valence-corrected chi connectivity index (χ0v) is 18.0. The fourth-order valence-corrected chi connectivity index (χ4v) is 3.00. The minimum absolute atomic E-state index is 0.117. The van der Waals surface area contributed by atoms with Gasteiger partial charge in [-0.15, -0.1) is 0 Å². The standard InChI is InChI=1S/C24H33NO3/c1-7-22(28-21-15-17(2)14-18(3)16-21)23(26)25-12-13-27-20-10-8-19(9-11-20)24(4,5)6/h8-11,14-16,22H,7,12-13H2,1-6H3,(H,25,26)/t22-/m1/s1. The molecule has 4 nitrogen and oxygen atoms in total. The summed E-state index contributed by atoms with van der Waals surface area (Å²) in [5, 5.41) is 2.90. The first-order valence-corrected chi connectivity index (χ1v) is 9.95. The molecule has 0 bridgehead atoms. The summed E-state index contributed by atoms with van der Waals surface area (Å²) in [6.07, 6.45) is 0.0979. The third-order valence-electron chi connectivity index (χ3n) is 4.53. The molecule has 0 saturated carbocycles. The fraction of sp³-hybridized carbons (Fsp3) is 0.458. The SMILES string of the molecule is CC[C@@H](Oc1cc(C)cc(C)c1)C(=O)NCCOc1ccc(C(C)(C)C)cc1. The van der Waals surface area contributed by atoms with E-state index in [1.807, 2.05) is 45.0 Å². The molecular weight excluding hydrogens is 350 g/mol. The average Bonchev–Trinajstić information content (AvgIpc) is 2.62. The van der Waals surface area contributed by atoms with E-state index in [2.05, 4.69) is 44.3 Å². The Kier molecular flexibility index (Phi) is 7.50. The number of nitrogens with one attached hydrogen (secondary N) is 1. The number of aryl methyl sites for hydroxylation is 2. The number of carbonyl (C=O) groups excluding carboxylic acids is 1. The molecule has 1 N–H and O–H groups in total. The second kappa shape index (κ2) is 9.63. The smallest absolute Gasteiger partial charge is 0.261 e. The van der Waals surface area contributed by atoms with Crippen molar-refractivity contribution in [2.24, 2.45) is 0 Å². The summed E-state index contributed by atoms with van der Waals surface area (Å²) in [5.41, 5.74) is 3.63. The summed E-state index contributed by atoms with van der Waals surface area (Å²) in [6.45, 7) is 13.4. The Bertz CT molecular complexity index is 755. The molecule has 2 aromatic carbocycles. The molecule has 2 rings (SSSR count). The number of benzene rings is 2. The van der Waals surface area contributed by atoms with E-state index in [1.165, 1.54) is 5.56 Å². The molecule has 0 heterocycles. The van der Waals surface area contributed by atoms with Crippen LogP contribution in [0.15, 0.2) is 42.5 Å². The topological polar surface area (TPSA) is 47.6 Å². The number of amides is 1. The van der Waals surface area contributed by atoms with Crippen molar-refractivity contribution in [2.45, 2.75) is 59.5 Å². The lowest BCUT2D eigenvalue weighted by atomic mass is 9.87. The average molecular weight is 384 g/mol. The van der Waals surface area contributed by atoms with Crippen molar-refractivity contribution in [1.82, 2.24) is 5.32 Å². The van der Waals surface area contributed by atoms with Crippen LogP contribution >= 0.6 is 0 Å². The number of carbonyl (C=O) groups is 1. The molecule has 4 heteroatoms. The predicted octanol–water partition coefficient (Wildman–Crippen LogP) is 4.95. The van der Waals surface area contributed by atoms with Crippen LogP contribution in [0.5, 0.6) is 11.5 Å². The molecule has 0 aromatic heterocycles. The van der Waals surface area contributed by atoms with Gasteiger partial charge in [-0.25, -0.2) is 0 Å². The Morgan fingerprint density at radius 3 is 2.14 bits per heavy atom. The van der Waals surface area contributed by atoms with Crippen molar-refractivity contribution in [3.8, 4) is 11.5 Å². The van der Waals surface area contributed by atoms with E-state index < -0.39 is 6.10 Å². The van der Waals surface area contributed by atoms with Crippen LogP contribution in [-0.2, 0) is 10.2 Å². The molecule has 0 aliphatic heterocycles. The predicted molar refractivity (Wildman–Crippen MR) is 114 cm³/mol. The highest BCUT2D eigenvalue weighted by Gasteiger charge is 2.18. The van der Waals surface area contributed by atoms with Crippen LogP contribution in [0.1, 0.15) is 50.8 Å². The fourth-order valence-electron chi connectivity index (χ4n) is 3.00. The van der Waals surface area contributed by atoms with Gasteiger partial charge in [-0.3, -0.25) is 4.79 Å². The zero-order chi connectivity index (χ0) is 20.7. The van der Waals surface area contributed by atoms with Crippen molar-refractivity contribution >= 4 is 5.91 Å². The molecule has 1 amide bonds. The van der Waals surface area contributed by atoms with E-state index in [9.17, 15) is 4.79 Å². The van der Waals surface area contributed by atoms with Crippen LogP contribution in [0.3, 0.4) is 0 Å². The quantitative estimate of drug-likeness (QED) is 0.656. The van der Waals surface area contributed by atoms with E-state index in [0.29, 0.717) is 19.6 Å². The number of ether oxygens (including phenoxy) is 2. The van der Waals surface area contributed by atoms with Crippen molar-refractivity contribution in [3.05, 3.63) is 59.2 Å². The third-order valence-corrected chi connectivity index (χ3v) is 4.53. The van der Waals surface area contributed by atoms with Gasteiger partial charge in [-0.05, 0) is 66.6 Å². The summed E-state index contributed by atoms with van der Waals surface area (Å²) in [6, 6.07) is 14.1. The molecule has 0 spiro atoms. The first kappa shape index (κ1) is 21.8. The van der Waals surface area contributed by atoms with Crippen molar-refractivity contribution in [1.29, 1.82) is 0 Å². The first-order chi connectivity index (χ1) is 13.2. The lowest BCUT2D eigenvalue weighted by Crippen LogP contribution is -2.39. The van der Waals surface area contributed by atoms with Gasteiger partial charge < -0.3 is 14.8 Å². The summed E-state index contributed by atoms with van der Waals surface area (Å²) < 4.78 is 11.6. The van der Waals surface area contributed by atoms with Crippen LogP contribution in [-0.4, -0.2) is 25.2 Å². The summed E-state index contributed by atoms with van der Waals surface area (Å²) in [4.78, 5) is 12.4. The molecule has 0 unspecified atom stereocenters. The second-order valence-electron chi connectivity index (χ2n) is 8.25. The van der Waals surface area contributed by atoms with Gasteiger partial charge in [0.1, 0.15) is 18.1 Å². The highest BCUT2D eigenvalue weighted by atomic mass is 16.5. The second-order valence-corrected chi connectivity index (χ2v) is 8.25. The zero-order valence-electron chi connectivity index (χ0n) is 18.0. The summed E-state index contributed by atoms with van der Waals surface area (Å²) >= 11 is 0. The lowest BCUT2D eigenvalue weighted by molar-refractivity contribution is -0.128. The molecule has 0 saturated heterocycles. The highest BCUT2D eigenvalue weighted by Crippen LogP contribution is 2.24. The number of hydrogen-bond donors (Lipinski definition) is 1. The van der Waals surface area contributed by atoms with Gasteiger partial charge in [0.2, 0.25) is 0 Å². The molecule has 0 fully saturated rings. The lowest BCUT2D eigenvalue weighted by Gasteiger charge is -2.19. The third kappa shape index (κ3) is 6.59. The number of hydrogen-bond acceptors (Lipinski definition) is 3. The van der Waals surface area contributed by atoms with E-state index in [0.717, 1.165) is 22.6 Å². The Labute approximate surface area is 169 Å². The molecule has 1 atom stereocenters. The maximum atomic E-state index is 12.4. The van der Waals surface area contributed by atoms with Crippen molar-refractivity contribution in [3.63, 3.8) is 0 Å². The first-order valence-electron chi connectivity index (χ1n) is 9.95. The van der Waals surface area contributed by atoms with Crippen molar-refractivity contribution in [2.75, 3.05) is 13.2 Å². The normalized spacial score (nSPS) is 12.4. The maximum Gasteiger partial charge on any atom is 0.261 e. The number of rotatable bonds is 8. The van der Waals surface area contributed by atoms with E-state index in [1.54, 1.807) is 0 Å². The van der Waals surface area contributed by atoms with E-state index in [4.69, 9.17) is 9.47 Å². The highest BCUT2D eigenvalue weighted by molar-refractivity contribution is 5.81. The maximum absolute atomic E-state index is 12.4. The van der Waals surface area contributed by atoms with Crippen LogP contribution in [0.25, 0.3) is 0 Å². The van der Waals surface area contributed by atoms with Gasteiger partial charge >= 0.3 is 0 Å². The molecule has 0 radical (unpaired) electrons. The summed E-state index contributed by atoms with van der Waals surface area (Å²) in [5.74, 6) is 1.42.